The van der Waals surface area contributed by atoms with Crippen LogP contribution in [0.15, 0.2) is 28.5 Å². The van der Waals surface area contributed by atoms with Crippen molar-refractivity contribution in [2.75, 3.05) is 0 Å². The van der Waals surface area contributed by atoms with Crippen molar-refractivity contribution in [2.45, 2.75) is 11.8 Å². The number of rotatable bonds is 1. The van der Waals surface area contributed by atoms with Gasteiger partial charge in [-0.05, 0) is 18.6 Å². The highest BCUT2D eigenvalue weighted by Crippen LogP contribution is 2.37. The lowest BCUT2D eigenvalue weighted by Crippen LogP contribution is -2.18. The maximum atomic E-state index is 11.4. The van der Waals surface area contributed by atoms with Crippen LogP contribution in [0, 0.1) is 0 Å². The van der Waals surface area contributed by atoms with Crippen LogP contribution in [0.25, 0.3) is 5.57 Å². The number of hydrogen-bond donors (Lipinski definition) is 1. The van der Waals surface area contributed by atoms with Gasteiger partial charge in [-0.1, -0.05) is 12.1 Å². The lowest BCUT2D eigenvalue weighted by Gasteiger charge is -2.17. The molecular weight excluding hydrogens is 266 g/mol. The third-order valence-electron chi connectivity index (χ3n) is 2.23. The van der Waals surface area contributed by atoms with Gasteiger partial charge in [0.25, 0.3) is 0 Å². The third-order valence-corrected chi connectivity index (χ3v) is 4.21. The van der Waals surface area contributed by atoms with E-state index in [4.69, 9.17) is 5.14 Å². The summed E-state index contributed by atoms with van der Waals surface area (Å²) in [6, 6.07) is 4.23. The molecule has 0 radical (unpaired) electrons. The lowest BCUT2D eigenvalue weighted by molar-refractivity contribution is 0.485. The standard InChI is InChI=1S/C9H9NO5S2/c1-6-5-16(11,12)15-9-7(6)3-2-4-8(9)17(10,13)14/h2-5H,1H3,(H2,10,13,14). The zero-order valence-corrected chi connectivity index (χ0v) is 10.4. The Labute approximate surface area is 98.9 Å². The first-order valence-corrected chi connectivity index (χ1v) is 7.51. The van der Waals surface area contributed by atoms with E-state index in [1.807, 2.05) is 0 Å². The summed E-state index contributed by atoms with van der Waals surface area (Å²) >= 11 is 0. The molecule has 8 heteroatoms. The van der Waals surface area contributed by atoms with Gasteiger partial charge in [0, 0.05) is 5.56 Å². The van der Waals surface area contributed by atoms with E-state index in [2.05, 4.69) is 4.18 Å². The quantitative estimate of drug-likeness (QED) is 0.748. The predicted molar refractivity (Wildman–Crippen MR) is 61.0 cm³/mol. The van der Waals surface area contributed by atoms with Crippen LogP contribution in [0.4, 0.5) is 0 Å². The van der Waals surface area contributed by atoms with E-state index in [1.165, 1.54) is 12.1 Å². The molecule has 1 aromatic carbocycles. The number of fused-ring (bicyclic) bond motifs is 1. The minimum Gasteiger partial charge on any atom is -0.377 e. The van der Waals surface area contributed by atoms with Crippen LogP contribution in [-0.2, 0) is 20.1 Å². The smallest absolute Gasteiger partial charge is 0.332 e. The molecule has 1 aliphatic heterocycles. The summed E-state index contributed by atoms with van der Waals surface area (Å²) in [4.78, 5) is -0.342. The second-order valence-electron chi connectivity index (χ2n) is 3.55. The zero-order chi connectivity index (χ0) is 12.8. The Hall–Kier alpha value is -1.38. The molecular formula is C9H9NO5S2. The highest BCUT2D eigenvalue weighted by Gasteiger charge is 2.27. The van der Waals surface area contributed by atoms with Crippen LogP contribution >= 0.6 is 0 Å². The molecule has 0 aliphatic carbocycles. The summed E-state index contributed by atoms with van der Waals surface area (Å²) in [6.45, 7) is 1.55. The molecule has 0 spiro atoms. The first kappa shape index (κ1) is 12.1. The van der Waals surface area contributed by atoms with E-state index in [-0.39, 0.29) is 10.6 Å². The number of nitrogens with two attached hydrogens (primary N) is 1. The van der Waals surface area contributed by atoms with Gasteiger partial charge in [-0.25, -0.2) is 13.6 Å². The largest absolute Gasteiger partial charge is 0.377 e. The third kappa shape index (κ3) is 2.19. The molecule has 1 aromatic rings. The van der Waals surface area contributed by atoms with Crippen molar-refractivity contribution in [1.82, 2.24) is 0 Å². The molecule has 2 rings (SSSR count). The van der Waals surface area contributed by atoms with Crippen LogP contribution in [-0.4, -0.2) is 16.8 Å². The molecule has 0 bridgehead atoms. The van der Waals surface area contributed by atoms with Crippen LogP contribution in [0.5, 0.6) is 5.75 Å². The van der Waals surface area contributed by atoms with Crippen molar-refractivity contribution in [3.63, 3.8) is 0 Å². The Morgan fingerprint density at radius 3 is 2.53 bits per heavy atom. The Balaban J connectivity index is 2.83. The Morgan fingerprint density at radius 1 is 1.29 bits per heavy atom. The Morgan fingerprint density at radius 2 is 1.94 bits per heavy atom. The number of hydrogen-bond acceptors (Lipinski definition) is 5. The van der Waals surface area contributed by atoms with Crippen molar-refractivity contribution >= 4 is 25.7 Å². The topological polar surface area (TPSA) is 104 Å². The summed E-state index contributed by atoms with van der Waals surface area (Å²) in [5.74, 6) is -0.241. The SMILES string of the molecule is CC1=CS(=O)(=O)Oc2c1cccc2S(N)(=O)=O. The normalized spacial score (nSPS) is 17.9. The van der Waals surface area contributed by atoms with Crippen LogP contribution in [0.1, 0.15) is 12.5 Å². The van der Waals surface area contributed by atoms with E-state index < -0.39 is 20.1 Å². The first-order valence-electron chi connectivity index (χ1n) is 4.50. The molecule has 0 aromatic heterocycles. The number of primary sulfonamides is 1. The molecule has 1 heterocycles. The van der Waals surface area contributed by atoms with Gasteiger partial charge < -0.3 is 4.18 Å². The van der Waals surface area contributed by atoms with Gasteiger partial charge >= 0.3 is 10.1 Å². The maximum Gasteiger partial charge on any atom is 0.332 e. The molecule has 0 amide bonds. The summed E-state index contributed by atoms with van der Waals surface area (Å²) < 4.78 is 50.0. The average Bonchev–Trinajstić information content (AvgIpc) is 2.13. The first-order chi connectivity index (χ1) is 7.71. The van der Waals surface area contributed by atoms with Crippen molar-refractivity contribution in [2.24, 2.45) is 5.14 Å². The molecule has 0 saturated heterocycles. The van der Waals surface area contributed by atoms with Gasteiger partial charge in [-0.15, -0.1) is 0 Å². The molecule has 0 fully saturated rings. The van der Waals surface area contributed by atoms with Gasteiger partial charge in [-0.3, -0.25) is 0 Å². The van der Waals surface area contributed by atoms with Gasteiger partial charge in [0.1, 0.15) is 4.90 Å². The van der Waals surface area contributed by atoms with Crippen LogP contribution in [0.2, 0.25) is 0 Å². The monoisotopic (exact) mass is 275 g/mol. The molecule has 92 valence electrons. The van der Waals surface area contributed by atoms with Crippen LogP contribution < -0.4 is 9.32 Å². The van der Waals surface area contributed by atoms with Crippen molar-refractivity contribution in [3.8, 4) is 5.75 Å². The van der Waals surface area contributed by atoms with Crippen molar-refractivity contribution in [3.05, 3.63) is 29.2 Å². The molecule has 0 saturated carbocycles. The minimum atomic E-state index is -4.03. The fourth-order valence-corrected chi connectivity index (χ4v) is 3.31. The van der Waals surface area contributed by atoms with E-state index in [1.54, 1.807) is 13.0 Å². The number of allylic oxidation sites excluding steroid dienone is 1. The number of para-hydroxylation sites is 1. The zero-order valence-electron chi connectivity index (χ0n) is 8.74. The lowest BCUT2D eigenvalue weighted by atomic mass is 10.1. The molecule has 6 nitrogen and oxygen atoms in total. The summed E-state index contributed by atoms with van der Waals surface area (Å²) in [5.41, 5.74) is 0.795. The van der Waals surface area contributed by atoms with Crippen molar-refractivity contribution in [1.29, 1.82) is 0 Å². The van der Waals surface area contributed by atoms with Crippen LogP contribution in [0.3, 0.4) is 0 Å². The van der Waals surface area contributed by atoms with E-state index >= 15 is 0 Å². The van der Waals surface area contributed by atoms with Gasteiger partial charge in [0.05, 0.1) is 5.41 Å². The maximum absolute atomic E-state index is 11.4. The summed E-state index contributed by atoms with van der Waals surface area (Å²) in [7, 11) is -7.94. The second-order valence-corrected chi connectivity index (χ2v) is 6.47. The van der Waals surface area contributed by atoms with E-state index in [0.717, 1.165) is 5.41 Å². The second kappa shape index (κ2) is 3.56. The fourth-order valence-electron chi connectivity index (χ4n) is 1.56. The highest BCUT2D eigenvalue weighted by molar-refractivity contribution is 7.90. The highest BCUT2D eigenvalue weighted by atomic mass is 32.2. The number of sulfonamides is 1. The van der Waals surface area contributed by atoms with Gasteiger partial charge in [-0.2, -0.15) is 8.42 Å². The fraction of sp³-hybridized carbons (Fsp3) is 0.111. The molecule has 0 unspecified atom stereocenters. The predicted octanol–water partition coefficient (Wildman–Crippen LogP) is 0.417. The Kier molecular flexibility index (Phi) is 2.53. The molecule has 2 N–H and O–H groups in total. The summed E-state index contributed by atoms with van der Waals surface area (Å²) in [5, 5.41) is 5.93. The molecule has 0 atom stereocenters. The van der Waals surface area contributed by atoms with E-state index in [9.17, 15) is 16.8 Å². The number of benzene rings is 1. The van der Waals surface area contributed by atoms with Gasteiger partial charge in [0.2, 0.25) is 10.0 Å². The van der Waals surface area contributed by atoms with E-state index in [0.29, 0.717) is 11.1 Å². The van der Waals surface area contributed by atoms with Crippen molar-refractivity contribution < 1.29 is 21.0 Å². The molecule has 1 aliphatic rings. The minimum absolute atomic E-state index is 0.241. The average molecular weight is 275 g/mol. The van der Waals surface area contributed by atoms with Gasteiger partial charge in [0.15, 0.2) is 5.75 Å². The molecule has 17 heavy (non-hydrogen) atoms. The summed E-state index contributed by atoms with van der Waals surface area (Å²) in [6.07, 6.45) is 0. The Bertz CT molecular complexity index is 716.